The molecular formula is C61H62Br4O12S6Si3. The monoisotopic (exact) mass is 1580 g/mol. The minimum Gasteiger partial charge on any atom is -0.485 e. The molecule has 0 spiro atoms. The fourth-order valence-corrected chi connectivity index (χ4v) is 15.2. The van der Waals surface area contributed by atoms with Gasteiger partial charge in [-0.1, -0.05) is 88.5 Å². The predicted octanol–water partition coefficient (Wildman–Crippen LogP) is 16.6. The third-order valence-corrected chi connectivity index (χ3v) is 20.3. The molecule has 12 nitrogen and oxygen atoms in total. The minimum atomic E-state index is -1.40. The molecule has 454 valence electrons. The van der Waals surface area contributed by atoms with Crippen LogP contribution in [0, 0.1) is 90.2 Å². The summed E-state index contributed by atoms with van der Waals surface area (Å²) in [6, 6.07) is 0. The number of rotatable bonds is 0. The minimum absolute atomic E-state index is 0.530. The summed E-state index contributed by atoms with van der Waals surface area (Å²) in [6.07, 6.45) is 15.7. The van der Waals surface area contributed by atoms with Gasteiger partial charge in [-0.25, -0.2) is 0 Å². The molecule has 0 saturated carbocycles. The summed E-state index contributed by atoms with van der Waals surface area (Å²) in [4.78, 5) is 7.01. The van der Waals surface area contributed by atoms with Crippen LogP contribution in [0.1, 0.15) is 45.9 Å². The standard InChI is InChI=1S/C18H14O4S2.C16H22O2SSi2.C10H6O2S.C6H4Br2O2S.C6H6O2S.C5H10Si.Br2/c1-3-4-12-17-18(22-10-9-21-17)14(24-12)6-5-13-16-15(11(2)23-13)19-7-8-20-16;1-20(2,3)11-7-13-15-16(18-10-9-17-15)14(19-13)8-12-21(4,5)6;1-3-7-9-10(8(4-2)13-7)12-6-5-11-9;7-5-3-4(6(8)11-5)10-2-1-9-3;1-2-8-6-4-9-3-5(6)7-1;1-5-6(2,3)4;1-2/h7-10H2,1-2H3;9-10H2,1-6H3;1-2H,5-6H2;1-2H2;3-4H,1-2H2;1H,2-4H3;. The van der Waals surface area contributed by atoms with Crippen LogP contribution >= 0.6 is 128 Å². The van der Waals surface area contributed by atoms with Gasteiger partial charge in [-0.3, -0.25) is 0 Å². The Kier molecular flexibility index (Phi) is 27.6. The molecule has 12 rings (SSSR count). The second kappa shape index (κ2) is 33.8. The van der Waals surface area contributed by atoms with Crippen LogP contribution in [0.3, 0.4) is 0 Å². The molecule has 12 heterocycles. The van der Waals surface area contributed by atoms with Crippen LogP contribution in [0.2, 0.25) is 58.9 Å². The molecule has 0 unspecified atom stereocenters. The summed E-state index contributed by atoms with van der Waals surface area (Å²) in [5.41, 5.74) is 9.54. The lowest BCUT2D eigenvalue weighted by Gasteiger charge is -2.15. The molecule has 0 aliphatic carbocycles. The molecule has 0 bridgehead atoms. The summed E-state index contributed by atoms with van der Waals surface area (Å²) in [5.74, 6) is 33.3. The van der Waals surface area contributed by atoms with E-state index in [0.717, 1.165) is 82.8 Å². The summed E-state index contributed by atoms with van der Waals surface area (Å²) < 4.78 is 68.4. The summed E-state index contributed by atoms with van der Waals surface area (Å²) in [7, 11) is -3.91. The number of terminal acetylenes is 3. The van der Waals surface area contributed by atoms with Crippen LogP contribution < -0.4 is 56.8 Å². The lowest BCUT2D eigenvalue weighted by atomic mass is 10.3. The first kappa shape index (κ1) is 70.4. The Morgan fingerprint density at radius 2 is 0.651 bits per heavy atom. The first-order chi connectivity index (χ1) is 41.1. The van der Waals surface area contributed by atoms with E-state index in [-0.39, 0.29) is 0 Å². The second-order valence-corrected chi connectivity index (χ2v) is 43.8. The van der Waals surface area contributed by atoms with Gasteiger partial charge in [0.25, 0.3) is 0 Å². The van der Waals surface area contributed by atoms with Crippen molar-refractivity contribution < 1.29 is 56.8 Å². The number of thiophene rings is 6. The average Bonchev–Trinajstić information content (AvgIpc) is 2.24. The molecule has 6 aromatic rings. The van der Waals surface area contributed by atoms with E-state index in [0.29, 0.717) is 112 Å². The van der Waals surface area contributed by atoms with Crippen LogP contribution in [0.4, 0.5) is 0 Å². The predicted molar refractivity (Wildman–Crippen MR) is 377 cm³/mol. The summed E-state index contributed by atoms with van der Waals surface area (Å²) in [6.45, 7) is 30.8. The maximum Gasteiger partial charge on any atom is 0.189 e. The normalized spacial score (nSPS) is 13.7. The lowest BCUT2D eigenvalue weighted by molar-refractivity contribution is 0.171. The van der Waals surface area contributed by atoms with Crippen molar-refractivity contribution in [3.05, 3.63) is 57.4 Å². The van der Waals surface area contributed by atoms with Gasteiger partial charge in [-0.15, -0.1) is 110 Å². The third kappa shape index (κ3) is 20.4. The highest BCUT2D eigenvalue weighted by molar-refractivity contribution is 9.93. The van der Waals surface area contributed by atoms with Gasteiger partial charge in [-0.2, -0.15) is 0 Å². The van der Waals surface area contributed by atoms with Crippen LogP contribution in [0.15, 0.2) is 18.3 Å². The van der Waals surface area contributed by atoms with Crippen molar-refractivity contribution in [2.75, 3.05) is 79.3 Å². The molecule has 0 N–H and O–H groups in total. The Morgan fingerprint density at radius 3 is 0.988 bits per heavy atom. The fraction of sp³-hybridized carbons (Fsp3) is 0.377. The van der Waals surface area contributed by atoms with Crippen molar-refractivity contribution >= 4 is 152 Å². The molecule has 86 heavy (non-hydrogen) atoms. The molecule has 0 fully saturated rings. The Bertz CT molecular complexity index is 3570. The fourth-order valence-electron chi connectivity index (χ4n) is 6.93. The van der Waals surface area contributed by atoms with E-state index in [4.69, 9.17) is 76.1 Å². The molecule has 6 aliphatic rings. The lowest BCUT2D eigenvalue weighted by Crippen LogP contribution is -2.17. The van der Waals surface area contributed by atoms with Crippen LogP contribution in [0.25, 0.3) is 0 Å². The van der Waals surface area contributed by atoms with E-state index in [9.17, 15) is 0 Å². The maximum atomic E-state index is 5.77. The number of fused-ring (bicyclic) bond motifs is 6. The van der Waals surface area contributed by atoms with E-state index in [1.54, 1.807) is 52.3 Å². The second-order valence-electron chi connectivity index (χ2n) is 20.8. The highest BCUT2D eigenvalue weighted by Gasteiger charge is 2.27. The highest BCUT2D eigenvalue weighted by atomic mass is 80.9. The largest absolute Gasteiger partial charge is 0.485 e. The molecule has 0 atom stereocenters. The van der Waals surface area contributed by atoms with Gasteiger partial charge in [0.15, 0.2) is 69.0 Å². The van der Waals surface area contributed by atoms with Crippen molar-refractivity contribution in [2.45, 2.75) is 72.8 Å². The topological polar surface area (TPSA) is 111 Å². The number of hydrogen-bond donors (Lipinski definition) is 0. The first-order valence-corrected chi connectivity index (χ1v) is 47.2. The van der Waals surface area contributed by atoms with E-state index in [1.165, 1.54) is 22.7 Å². The zero-order valence-corrected chi connectivity index (χ0v) is 63.5. The quantitative estimate of drug-likeness (QED) is 0.107. The van der Waals surface area contributed by atoms with Crippen molar-refractivity contribution in [3.63, 3.8) is 0 Å². The van der Waals surface area contributed by atoms with E-state index in [1.807, 2.05) is 17.7 Å². The number of aryl methyl sites for hydroxylation is 1. The van der Waals surface area contributed by atoms with Crippen LogP contribution in [-0.2, 0) is 0 Å². The van der Waals surface area contributed by atoms with Gasteiger partial charge in [0.2, 0.25) is 0 Å². The Balaban J connectivity index is 0.000000173. The Hall–Kier alpha value is -4.71. The SMILES string of the molecule is BrBr.Brc1sc(Br)c2c1OCCO2.C#C[Si](C)(C)C.C#Cc1sc(C#C)c2c1OCCO2.CC#Cc1sc(C#Cc2sc(C)c3c2OCCO3)c2c1OCCO2.C[Si](C)(C)C#Cc1sc(C#C[Si](C)(C)C)c2c1OCCO2.c1scc2c1OCCO2. The number of halogens is 4. The van der Waals surface area contributed by atoms with Gasteiger partial charge in [-0.05, 0) is 57.5 Å². The molecular weight excluding hydrogens is 1520 g/mol. The summed E-state index contributed by atoms with van der Waals surface area (Å²) >= 11 is 21.5. The van der Waals surface area contributed by atoms with Crippen LogP contribution in [-0.4, -0.2) is 104 Å². The van der Waals surface area contributed by atoms with E-state index in [2.05, 4.69) is 183 Å². The van der Waals surface area contributed by atoms with Crippen molar-refractivity contribution in [3.8, 4) is 152 Å². The van der Waals surface area contributed by atoms with Crippen LogP contribution in [0.5, 0.6) is 69.0 Å². The Labute approximate surface area is 565 Å². The zero-order chi connectivity index (χ0) is 62.6. The Morgan fingerprint density at radius 1 is 0.372 bits per heavy atom. The van der Waals surface area contributed by atoms with Gasteiger partial charge < -0.3 is 56.8 Å². The third-order valence-electron chi connectivity index (χ3n) is 10.6. The molecule has 0 aromatic carbocycles. The van der Waals surface area contributed by atoms with Gasteiger partial charge in [0.1, 0.15) is 145 Å². The number of ether oxygens (including phenoxy) is 12. The molecule has 0 amide bonds. The van der Waals surface area contributed by atoms with Gasteiger partial charge in [0, 0.05) is 43.9 Å². The van der Waals surface area contributed by atoms with Crippen molar-refractivity contribution in [1.29, 1.82) is 0 Å². The van der Waals surface area contributed by atoms with Gasteiger partial charge >= 0.3 is 0 Å². The van der Waals surface area contributed by atoms with Crippen molar-refractivity contribution in [2.24, 2.45) is 0 Å². The molecule has 6 aromatic heterocycles. The molecule has 0 radical (unpaired) electrons. The highest BCUT2D eigenvalue weighted by Crippen LogP contribution is 2.50. The molecule has 0 saturated heterocycles. The smallest absolute Gasteiger partial charge is 0.189 e. The van der Waals surface area contributed by atoms with E-state index < -0.39 is 24.2 Å². The van der Waals surface area contributed by atoms with Crippen molar-refractivity contribution in [1.82, 2.24) is 0 Å². The zero-order valence-electron chi connectivity index (χ0n) is 49.2. The molecule has 25 heteroatoms. The number of hydrogen-bond acceptors (Lipinski definition) is 18. The average molecular weight is 1580 g/mol. The maximum absolute atomic E-state index is 5.77. The van der Waals surface area contributed by atoms with E-state index >= 15 is 0 Å². The summed E-state index contributed by atoms with van der Waals surface area (Å²) in [5, 5.41) is 3.91. The molecule has 6 aliphatic heterocycles. The van der Waals surface area contributed by atoms with Gasteiger partial charge in [0.05, 0.1) is 0 Å². The first-order valence-electron chi connectivity index (χ1n) is 26.4.